The van der Waals surface area contributed by atoms with Gasteiger partial charge in [0.05, 0.1) is 23.4 Å². The molecule has 8 saturated carbocycles. The average molecular weight is 475 g/mol. The summed E-state index contributed by atoms with van der Waals surface area (Å²) in [7, 11) is 0. The van der Waals surface area contributed by atoms with Crippen LogP contribution in [-0.4, -0.2) is 55.8 Å². The molecule has 0 aromatic rings. The minimum atomic E-state index is -0.884. The highest BCUT2D eigenvalue weighted by molar-refractivity contribution is 5.87. The lowest BCUT2D eigenvalue weighted by Crippen LogP contribution is -2.64. The van der Waals surface area contributed by atoms with Crippen molar-refractivity contribution in [1.29, 1.82) is 0 Å². The number of carboxylic acids is 1. The van der Waals surface area contributed by atoms with Crippen LogP contribution in [0.2, 0.25) is 0 Å². The molecule has 0 aromatic carbocycles. The molecule has 0 amide bonds. The maximum absolute atomic E-state index is 11.2. The molecule has 0 aromatic heterocycles. The Morgan fingerprint density at radius 2 is 1.38 bits per heavy atom. The van der Waals surface area contributed by atoms with E-state index in [1.807, 2.05) is 0 Å². The van der Waals surface area contributed by atoms with E-state index in [0.29, 0.717) is 55.6 Å². The van der Waals surface area contributed by atoms with Gasteiger partial charge in [0.2, 0.25) is 0 Å². The average Bonchev–Trinajstić information content (AvgIpc) is 2.67. The molecule has 0 heterocycles. The third kappa shape index (κ3) is 4.14. The molecule has 0 saturated heterocycles. The number of aliphatic hydroxyl groups is 3. The number of esters is 1. The zero-order chi connectivity index (χ0) is 24.6. The minimum Gasteiger partial charge on any atom is -0.478 e. The van der Waals surface area contributed by atoms with Crippen LogP contribution in [0.1, 0.15) is 77.0 Å². The highest BCUT2D eigenvalue weighted by Gasteiger charge is 2.63. The molecule has 188 valence electrons. The van der Waals surface area contributed by atoms with E-state index in [1.165, 1.54) is 6.42 Å². The Labute approximate surface area is 200 Å². The minimum absolute atomic E-state index is 0.235. The first kappa shape index (κ1) is 24.0. The summed E-state index contributed by atoms with van der Waals surface area (Å²) in [5.74, 6) is 0.0821. The van der Waals surface area contributed by atoms with Crippen LogP contribution in [0.4, 0.5) is 0 Å². The Hall–Kier alpha value is -1.70. The quantitative estimate of drug-likeness (QED) is 0.356. The Bertz CT molecular complexity index is 890. The first-order chi connectivity index (χ1) is 15.8. The number of hydrogen-bond donors (Lipinski definition) is 4. The highest BCUT2D eigenvalue weighted by atomic mass is 16.5. The van der Waals surface area contributed by atoms with Crippen molar-refractivity contribution in [1.82, 2.24) is 0 Å². The van der Waals surface area contributed by atoms with Gasteiger partial charge in [0.15, 0.2) is 0 Å². The van der Waals surface area contributed by atoms with Crippen molar-refractivity contribution in [3.8, 4) is 0 Å². The normalized spacial score (nSPS) is 49.2. The summed E-state index contributed by atoms with van der Waals surface area (Å²) in [6.45, 7) is 7.43. The van der Waals surface area contributed by atoms with E-state index in [-0.39, 0.29) is 10.8 Å². The van der Waals surface area contributed by atoms with Gasteiger partial charge in [-0.2, -0.15) is 0 Å². The SMILES string of the molecule is C=C(C(=O)O)C12CC3CC(CC(O)(C3)C1)C2.C=CC(=O)OCC12CC3CC(O)(CC(O)(C3)C1)C2. The summed E-state index contributed by atoms with van der Waals surface area (Å²) < 4.78 is 5.19. The molecule has 7 heteroatoms. The Kier molecular flexibility index (Phi) is 5.40. The number of hydrogen-bond acceptors (Lipinski definition) is 6. The summed E-state index contributed by atoms with van der Waals surface area (Å²) >= 11 is 0. The second kappa shape index (κ2) is 7.65. The molecule has 0 radical (unpaired) electrons. The number of carboxylic acid groups (broad SMARTS) is 1. The van der Waals surface area contributed by atoms with Crippen LogP contribution in [-0.2, 0) is 14.3 Å². The molecule has 0 spiro atoms. The van der Waals surface area contributed by atoms with Crippen LogP contribution in [0, 0.1) is 28.6 Å². The fourth-order valence-corrected chi connectivity index (χ4v) is 9.77. The van der Waals surface area contributed by atoms with Gasteiger partial charge in [0.1, 0.15) is 0 Å². The van der Waals surface area contributed by atoms with Crippen molar-refractivity contribution in [2.24, 2.45) is 28.6 Å². The van der Waals surface area contributed by atoms with Crippen molar-refractivity contribution >= 4 is 11.9 Å². The number of aliphatic carboxylic acids is 1. The van der Waals surface area contributed by atoms with Crippen molar-refractivity contribution in [3.05, 3.63) is 24.8 Å². The van der Waals surface area contributed by atoms with Gasteiger partial charge in [-0.1, -0.05) is 13.2 Å². The topological polar surface area (TPSA) is 124 Å². The molecular formula is C27H38O7. The van der Waals surface area contributed by atoms with Gasteiger partial charge in [-0.3, -0.25) is 0 Å². The molecule has 4 atom stereocenters. The smallest absolute Gasteiger partial charge is 0.331 e. The molecule has 8 bridgehead atoms. The van der Waals surface area contributed by atoms with Gasteiger partial charge in [0, 0.05) is 28.9 Å². The van der Waals surface area contributed by atoms with Gasteiger partial charge in [-0.05, 0) is 88.4 Å². The molecule has 7 nitrogen and oxygen atoms in total. The van der Waals surface area contributed by atoms with Crippen LogP contribution in [0.5, 0.6) is 0 Å². The number of carbonyl (C=O) groups excluding carboxylic acids is 1. The van der Waals surface area contributed by atoms with Crippen LogP contribution in [0.3, 0.4) is 0 Å². The monoisotopic (exact) mass is 474 g/mol. The molecule has 8 fully saturated rings. The Morgan fingerprint density at radius 3 is 1.85 bits per heavy atom. The van der Waals surface area contributed by atoms with Crippen molar-refractivity contribution in [3.63, 3.8) is 0 Å². The summed E-state index contributed by atoms with van der Waals surface area (Å²) in [4.78, 5) is 22.3. The predicted molar refractivity (Wildman–Crippen MR) is 124 cm³/mol. The Balaban J connectivity index is 0.000000142. The van der Waals surface area contributed by atoms with E-state index >= 15 is 0 Å². The number of ether oxygens (including phenoxy) is 1. The van der Waals surface area contributed by atoms with Gasteiger partial charge in [-0.15, -0.1) is 0 Å². The molecule has 0 aliphatic heterocycles. The summed E-state index contributed by atoms with van der Waals surface area (Å²) in [5, 5.41) is 40.7. The maximum atomic E-state index is 11.2. The molecule has 8 aliphatic rings. The lowest BCUT2D eigenvalue weighted by atomic mass is 9.46. The lowest BCUT2D eigenvalue weighted by molar-refractivity contribution is -0.239. The third-order valence-electron chi connectivity index (χ3n) is 9.74. The van der Waals surface area contributed by atoms with Crippen molar-refractivity contribution in [2.45, 2.75) is 93.9 Å². The molecule has 8 rings (SSSR count). The Morgan fingerprint density at radius 1 is 0.824 bits per heavy atom. The fourth-order valence-electron chi connectivity index (χ4n) is 9.77. The van der Waals surface area contributed by atoms with E-state index < -0.39 is 28.7 Å². The second-order valence-corrected chi connectivity index (χ2v) is 13.0. The lowest BCUT2D eigenvalue weighted by Gasteiger charge is -2.62. The molecule has 34 heavy (non-hydrogen) atoms. The molecular weight excluding hydrogens is 436 g/mol. The summed E-state index contributed by atoms with van der Waals surface area (Å²) in [6, 6.07) is 0. The molecule has 8 aliphatic carbocycles. The van der Waals surface area contributed by atoms with Crippen molar-refractivity contribution in [2.75, 3.05) is 6.61 Å². The van der Waals surface area contributed by atoms with E-state index in [1.54, 1.807) is 0 Å². The summed E-state index contributed by atoms with van der Waals surface area (Å²) in [6.07, 6.45) is 10.8. The highest BCUT2D eigenvalue weighted by Crippen LogP contribution is 2.64. The first-order valence-corrected chi connectivity index (χ1v) is 12.7. The standard InChI is InChI=1S/C14H20O4.C13H18O3/c1-2-11(15)18-9-12-3-10-4-13(16,6-12)8-14(17,5-10)7-12;1-8(11(14)15)12-3-9-2-10(4-12)6-13(16,5-9)7-12/h2,10,16-17H,1,3-9H2;9-10,16H,1-7H2,(H,14,15). The number of rotatable bonds is 5. The van der Waals surface area contributed by atoms with E-state index in [2.05, 4.69) is 13.2 Å². The predicted octanol–water partition coefficient (Wildman–Crippen LogP) is 3.12. The van der Waals surface area contributed by atoms with Gasteiger partial charge in [0.25, 0.3) is 0 Å². The zero-order valence-electron chi connectivity index (χ0n) is 19.9. The van der Waals surface area contributed by atoms with Crippen LogP contribution >= 0.6 is 0 Å². The number of carbonyl (C=O) groups is 2. The molecule has 4 N–H and O–H groups in total. The third-order valence-corrected chi connectivity index (χ3v) is 9.74. The van der Waals surface area contributed by atoms with Gasteiger partial charge in [-0.25, -0.2) is 9.59 Å². The van der Waals surface area contributed by atoms with Crippen LogP contribution in [0.15, 0.2) is 24.8 Å². The summed E-state index contributed by atoms with van der Waals surface area (Å²) in [5.41, 5.74) is -2.31. The van der Waals surface area contributed by atoms with E-state index in [9.17, 15) is 24.9 Å². The zero-order valence-corrected chi connectivity index (χ0v) is 19.9. The van der Waals surface area contributed by atoms with Crippen molar-refractivity contribution < 1.29 is 34.8 Å². The van der Waals surface area contributed by atoms with Crippen LogP contribution in [0.25, 0.3) is 0 Å². The second-order valence-electron chi connectivity index (χ2n) is 13.0. The van der Waals surface area contributed by atoms with E-state index in [4.69, 9.17) is 9.84 Å². The van der Waals surface area contributed by atoms with Gasteiger partial charge >= 0.3 is 11.9 Å². The fraction of sp³-hybridized carbons (Fsp3) is 0.778. The largest absolute Gasteiger partial charge is 0.478 e. The molecule has 4 unspecified atom stereocenters. The maximum Gasteiger partial charge on any atom is 0.331 e. The first-order valence-electron chi connectivity index (χ1n) is 12.7. The van der Waals surface area contributed by atoms with Gasteiger partial charge < -0.3 is 25.2 Å². The van der Waals surface area contributed by atoms with E-state index in [0.717, 1.165) is 51.0 Å². The van der Waals surface area contributed by atoms with Crippen LogP contribution < -0.4 is 0 Å².